The second kappa shape index (κ2) is 5.66. The fourth-order valence-electron chi connectivity index (χ4n) is 3.42. The molecule has 3 aliphatic heterocycles. The fraction of sp³-hybridized carbons (Fsp3) is 0.800. The van der Waals surface area contributed by atoms with Gasteiger partial charge < -0.3 is 14.6 Å². The summed E-state index contributed by atoms with van der Waals surface area (Å²) in [5.41, 5.74) is 0.0741. The smallest absolute Gasteiger partial charge is 0.271 e. The van der Waals surface area contributed by atoms with Gasteiger partial charge in [0.25, 0.3) is 5.91 Å². The van der Waals surface area contributed by atoms with Gasteiger partial charge in [-0.15, -0.1) is 0 Å². The second-order valence-corrected chi connectivity index (χ2v) is 6.39. The van der Waals surface area contributed by atoms with E-state index in [2.05, 4.69) is 5.16 Å². The number of hydrogen-bond donors (Lipinski definition) is 0. The van der Waals surface area contributed by atoms with Crippen LogP contribution in [0.4, 0.5) is 0 Å². The Morgan fingerprint density at radius 3 is 2.43 bits per heavy atom. The molecule has 6 nitrogen and oxygen atoms in total. The van der Waals surface area contributed by atoms with E-state index >= 15 is 0 Å². The average Bonchev–Trinajstić information content (AvgIpc) is 2.98. The summed E-state index contributed by atoms with van der Waals surface area (Å²) < 4.78 is 0. The third-order valence-corrected chi connectivity index (χ3v) is 4.74. The highest BCUT2D eigenvalue weighted by Crippen LogP contribution is 2.34. The maximum atomic E-state index is 12.5. The van der Waals surface area contributed by atoms with E-state index in [0.29, 0.717) is 25.2 Å². The van der Waals surface area contributed by atoms with Gasteiger partial charge in [-0.25, -0.2) is 0 Å². The number of amides is 2. The zero-order valence-corrected chi connectivity index (χ0v) is 12.6. The molecule has 2 fully saturated rings. The molecule has 6 heteroatoms. The molecule has 1 spiro atoms. The molecule has 3 aliphatic rings. The van der Waals surface area contributed by atoms with Crippen molar-refractivity contribution >= 4 is 17.5 Å². The summed E-state index contributed by atoms with van der Waals surface area (Å²) in [6, 6.07) is 0. The first-order chi connectivity index (χ1) is 10.1. The van der Waals surface area contributed by atoms with Crippen molar-refractivity contribution in [3.8, 4) is 0 Å². The number of oxime groups is 1. The van der Waals surface area contributed by atoms with E-state index in [1.54, 1.807) is 11.8 Å². The highest BCUT2D eigenvalue weighted by molar-refractivity contribution is 6.39. The molecule has 2 saturated heterocycles. The van der Waals surface area contributed by atoms with E-state index in [1.807, 2.05) is 4.90 Å². The molecule has 0 saturated carbocycles. The van der Waals surface area contributed by atoms with Crippen LogP contribution >= 0.6 is 0 Å². The van der Waals surface area contributed by atoms with Gasteiger partial charge >= 0.3 is 0 Å². The van der Waals surface area contributed by atoms with Crippen LogP contribution < -0.4 is 0 Å². The van der Waals surface area contributed by atoms with E-state index in [4.69, 9.17) is 4.84 Å². The van der Waals surface area contributed by atoms with Gasteiger partial charge in [-0.3, -0.25) is 9.59 Å². The molecular weight excluding hydrogens is 270 g/mol. The average molecular weight is 293 g/mol. The minimum absolute atomic E-state index is 0.0232. The highest BCUT2D eigenvalue weighted by Gasteiger charge is 2.47. The summed E-state index contributed by atoms with van der Waals surface area (Å²) in [7, 11) is 0. The number of likely N-dealkylation sites (tertiary alicyclic amines) is 2. The molecule has 2 amide bonds. The van der Waals surface area contributed by atoms with Crippen molar-refractivity contribution in [2.75, 3.05) is 26.2 Å². The molecule has 0 bridgehead atoms. The summed E-state index contributed by atoms with van der Waals surface area (Å²) >= 11 is 0. The molecule has 0 aromatic carbocycles. The second-order valence-electron chi connectivity index (χ2n) is 6.39. The van der Waals surface area contributed by atoms with Crippen LogP contribution in [0, 0.1) is 0 Å². The zero-order valence-electron chi connectivity index (χ0n) is 12.6. The lowest BCUT2D eigenvalue weighted by Crippen LogP contribution is -2.40. The molecule has 1 unspecified atom stereocenters. The Morgan fingerprint density at radius 2 is 1.81 bits per heavy atom. The van der Waals surface area contributed by atoms with Crippen molar-refractivity contribution in [3.05, 3.63) is 0 Å². The molecule has 3 heterocycles. The quantitative estimate of drug-likeness (QED) is 0.729. The number of nitrogens with zero attached hydrogens (tertiary/aromatic N) is 3. The minimum atomic E-state index is -0.456. The van der Waals surface area contributed by atoms with Crippen LogP contribution in [0.2, 0.25) is 0 Å². The van der Waals surface area contributed by atoms with E-state index in [1.165, 1.54) is 12.8 Å². The van der Waals surface area contributed by atoms with Crippen LogP contribution in [0.5, 0.6) is 0 Å². The Bertz CT molecular complexity index is 469. The van der Waals surface area contributed by atoms with Crippen LogP contribution in [0.15, 0.2) is 5.16 Å². The zero-order chi connectivity index (χ0) is 14.9. The predicted octanol–water partition coefficient (Wildman–Crippen LogP) is 1.16. The van der Waals surface area contributed by atoms with E-state index in [9.17, 15) is 9.59 Å². The van der Waals surface area contributed by atoms with Crippen LogP contribution in [-0.2, 0) is 14.4 Å². The van der Waals surface area contributed by atoms with E-state index in [-0.39, 0.29) is 11.8 Å². The van der Waals surface area contributed by atoms with E-state index in [0.717, 1.165) is 32.4 Å². The summed E-state index contributed by atoms with van der Waals surface area (Å²) in [6.07, 6.45) is 5.83. The van der Waals surface area contributed by atoms with Crippen LogP contribution in [0.3, 0.4) is 0 Å². The molecule has 0 aromatic rings. The summed E-state index contributed by atoms with van der Waals surface area (Å²) in [5.74, 6) is 0.0813. The maximum Gasteiger partial charge on any atom is 0.271 e. The largest absolute Gasteiger partial charge is 0.386 e. The van der Waals surface area contributed by atoms with Crippen molar-refractivity contribution < 1.29 is 14.4 Å². The Kier molecular flexibility index (Phi) is 3.87. The summed E-state index contributed by atoms with van der Waals surface area (Å²) in [5, 5.41) is 4.06. The van der Waals surface area contributed by atoms with Crippen molar-refractivity contribution in [1.29, 1.82) is 0 Å². The lowest BCUT2D eigenvalue weighted by Gasteiger charge is -2.22. The molecule has 21 heavy (non-hydrogen) atoms. The molecule has 1 atom stereocenters. The summed E-state index contributed by atoms with van der Waals surface area (Å²) in [4.78, 5) is 33.3. The SMILES string of the molecule is CC(=O)N1CCC2(CC(C(=O)N3CCCCCC3)=NO2)C1. The van der Waals surface area contributed by atoms with E-state index < -0.39 is 5.60 Å². The normalized spacial score (nSPS) is 29.3. The van der Waals surface area contributed by atoms with Gasteiger partial charge in [0.2, 0.25) is 5.91 Å². The number of carbonyl (C=O) groups is 2. The predicted molar refractivity (Wildman–Crippen MR) is 77.8 cm³/mol. The first kappa shape index (κ1) is 14.4. The monoisotopic (exact) mass is 293 g/mol. The Hall–Kier alpha value is -1.59. The third-order valence-electron chi connectivity index (χ3n) is 4.74. The minimum Gasteiger partial charge on any atom is -0.386 e. The lowest BCUT2D eigenvalue weighted by molar-refractivity contribution is -0.129. The number of rotatable bonds is 1. The molecule has 0 aromatic heterocycles. The van der Waals surface area contributed by atoms with Crippen molar-refractivity contribution in [3.63, 3.8) is 0 Å². The highest BCUT2D eigenvalue weighted by atomic mass is 16.7. The van der Waals surface area contributed by atoms with Gasteiger partial charge in [0, 0.05) is 39.4 Å². The van der Waals surface area contributed by atoms with Gasteiger partial charge in [-0.05, 0) is 12.8 Å². The Balaban J connectivity index is 1.61. The number of hydrogen-bond acceptors (Lipinski definition) is 4. The maximum absolute atomic E-state index is 12.5. The lowest BCUT2D eigenvalue weighted by atomic mass is 9.96. The Labute approximate surface area is 125 Å². The summed E-state index contributed by atoms with van der Waals surface area (Å²) in [6.45, 7) is 4.45. The molecule has 3 rings (SSSR count). The molecule has 0 aliphatic carbocycles. The first-order valence-electron chi connectivity index (χ1n) is 7.89. The molecule has 116 valence electrons. The molecular formula is C15H23N3O3. The van der Waals surface area contributed by atoms with Crippen molar-refractivity contribution in [2.24, 2.45) is 5.16 Å². The van der Waals surface area contributed by atoms with Crippen LogP contribution in [0.25, 0.3) is 0 Å². The van der Waals surface area contributed by atoms with Gasteiger partial charge in [-0.2, -0.15) is 0 Å². The first-order valence-corrected chi connectivity index (χ1v) is 7.89. The van der Waals surface area contributed by atoms with Crippen molar-refractivity contribution in [1.82, 2.24) is 9.80 Å². The van der Waals surface area contributed by atoms with Crippen LogP contribution in [0.1, 0.15) is 45.4 Å². The van der Waals surface area contributed by atoms with Gasteiger partial charge in [0.15, 0.2) is 5.60 Å². The third kappa shape index (κ3) is 2.89. The van der Waals surface area contributed by atoms with Gasteiger partial charge in [-0.1, -0.05) is 18.0 Å². The molecule has 0 N–H and O–H groups in total. The topological polar surface area (TPSA) is 62.2 Å². The van der Waals surface area contributed by atoms with Gasteiger partial charge in [0.05, 0.1) is 6.54 Å². The number of carbonyl (C=O) groups excluding carboxylic acids is 2. The fourth-order valence-corrected chi connectivity index (χ4v) is 3.42. The van der Waals surface area contributed by atoms with Crippen LogP contribution in [-0.4, -0.2) is 59.1 Å². The Morgan fingerprint density at radius 1 is 1.10 bits per heavy atom. The van der Waals surface area contributed by atoms with Crippen molar-refractivity contribution in [2.45, 2.75) is 51.0 Å². The standard InChI is InChI=1S/C15H23N3O3/c1-12(19)18-9-6-15(11-18)10-13(16-21-15)14(20)17-7-4-2-3-5-8-17/h2-11H2,1H3. The molecule has 0 radical (unpaired) electrons. The van der Waals surface area contributed by atoms with Gasteiger partial charge in [0.1, 0.15) is 5.71 Å².